The lowest BCUT2D eigenvalue weighted by Gasteiger charge is -2.07. The van der Waals surface area contributed by atoms with E-state index in [1.807, 2.05) is 0 Å². The number of nitrogens with zero attached hydrogens (tertiary/aromatic N) is 2. The van der Waals surface area contributed by atoms with E-state index in [2.05, 4.69) is 10.4 Å². The third-order valence-electron chi connectivity index (χ3n) is 3.88. The number of carbonyl (C=O) groups excluding carboxylic acids is 2. The van der Waals surface area contributed by atoms with E-state index in [0.29, 0.717) is 22.5 Å². The minimum absolute atomic E-state index is 0.0418. The lowest BCUT2D eigenvalue weighted by Crippen LogP contribution is -2.13. The number of halogens is 1. The quantitative estimate of drug-likeness (QED) is 0.737. The lowest BCUT2D eigenvalue weighted by atomic mass is 10.1. The minimum Gasteiger partial charge on any atom is -0.322 e. The van der Waals surface area contributed by atoms with E-state index in [1.165, 1.54) is 23.9 Å². The predicted molar refractivity (Wildman–Crippen MR) is 92.7 cm³/mol. The molecule has 1 N–H and O–H groups in total. The number of nitrogens with one attached hydrogen (secondary N) is 1. The number of ketones is 1. The first kappa shape index (κ1) is 16.6. The Kier molecular flexibility index (Phi) is 4.43. The van der Waals surface area contributed by atoms with Crippen molar-refractivity contribution in [3.05, 3.63) is 77.4 Å². The van der Waals surface area contributed by atoms with Crippen LogP contribution in [-0.4, -0.2) is 21.5 Å². The number of anilines is 1. The summed E-state index contributed by atoms with van der Waals surface area (Å²) in [6.45, 7) is 3.18. The van der Waals surface area contributed by atoms with Gasteiger partial charge in [-0.3, -0.25) is 9.59 Å². The highest BCUT2D eigenvalue weighted by molar-refractivity contribution is 6.05. The van der Waals surface area contributed by atoms with Gasteiger partial charge in [0.15, 0.2) is 5.78 Å². The van der Waals surface area contributed by atoms with Gasteiger partial charge in [0.2, 0.25) is 0 Å². The number of para-hydroxylation sites is 1. The molecule has 1 amide bonds. The number of carbonyl (C=O) groups is 2. The van der Waals surface area contributed by atoms with Crippen LogP contribution in [0.2, 0.25) is 0 Å². The van der Waals surface area contributed by atoms with Gasteiger partial charge >= 0.3 is 0 Å². The first-order chi connectivity index (χ1) is 12.0. The number of rotatable bonds is 4. The summed E-state index contributed by atoms with van der Waals surface area (Å²) in [5.41, 5.74) is 2.29. The van der Waals surface area contributed by atoms with Crippen molar-refractivity contribution in [2.45, 2.75) is 13.8 Å². The van der Waals surface area contributed by atoms with Gasteiger partial charge in [-0.2, -0.15) is 5.10 Å². The highest BCUT2D eigenvalue weighted by Gasteiger charge is 2.17. The van der Waals surface area contributed by atoms with Crippen LogP contribution in [0.1, 0.15) is 33.3 Å². The molecule has 5 nitrogen and oxygen atoms in total. The SMILES string of the molecule is CC(=O)c1ccc(NC(=O)c2cnn(-c3ccccc3F)c2C)cc1. The maximum Gasteiger partial charge on any atom is 0.259 e. The Balaban J connectivity index is 1.84. The number of amides is 1. The summed E-state index contributed by atoms with van der Waals surface area (Å²) < 4.78 is 15.3. The van der Waals surface area contributed by atoms with Crippen LogP contribution in [0.5, 0.6) is 0 Å². The summed E-state index contributed by atoms with van der Waals surface area (Å²) in [6, 6.07) is 12.8. The average molecular weight is 337 g/mol. The molecule has 1 heterocycles. The standard InChI is InChI=1S/C19H16FN3O2/c1-12-16(11-21-23(12)18-6-4-3-5-17(18)20)19(25)22-15-9-7-14(8-10-15)13(2)24/h3-11H,1-2H3,(H,22,25). The third-order valence-corrected chi connectivity index (χ3v) is 3.88. The Labute approximate surface area is 144 Å². The van der Waals surface area contributed by atoms with Gasteiger partial charge in [0.05, 0.1) is 17.5 Å². The zero-order valence-electron chi connectivity index (χ0n) is 13.8. The zero-order valence-corrected chi connectivity index (χ0v) is 13.8. The minimum atomic E-state index is -0.416. The molecule has 0 atom stereocenters. The number of benzene rings is 2. The summed E-state index contributed by atoms with van der Waals surface area (Å²) in [5.74, 6) is -0.809. The van der Waals surface area contributed by atoms with Crippen molar-refractivity contribution in [1.29, 1.82) is 0 Å². The van der Waals surface area contributed by atoms with Crippen molar-refractivity contribution in [3.8, 4) is 5.69 Å². The van der Waals surface area contributed by atoms with E-state index < -0.39 is 5.82 Å². The second kappa shape index (κ2) is 6.68. The van der Waals surface area contributed by atoms with Crippen molar-refractivity contribution in [2.24, 2.45) is 0 Å². The molecule has 0 saturated heterocycles. The van der Waals surface area contributed by atoms with E-state index in [0.717, 1.165) is 0 Å². The van der Waals surface area contributed by atoms with Crippen LogP contribution in [0.25, 0.3) is 5.69 Å². The monoisotopic (exact) mass is 337 g/mol. The molecule has 3 rings (SSSR count). The van der Waals surface area contributed by atoms with Crippen LogP contribution in [0.3, 0.4) is 0 Å². The summed E-state index contributed by atoms with van der Waals surface area (Å²) >= 11 is 0. The topological polar surface area (TPSA) is 64.0 Å². The fourth-order valence-corrected chi connectivity index (χ4v) is 2.49. The molecule has 0 aliphatic rings. The van der Waals surface area contributed by atoms with Crippen molar-refractivity contribution in [2.75, 3.05) is 5.32 Å². The van der Waals surface area contributed by atoms with Gasteiger partial charge < -0.3 is 5.32 Å². The van der Waals surface area contributed by atoms with Gasteiger partial charge in [-0.15, -0.1) is 0 Å². The predicted octanol–water partition coefficient (Wildman–Crippen LogP) is 3.77. The second-order valence-electron chi connectivity index (χ2n) is 5.59. The van der Waals surface area contributed by atoms with Gasteiger partial charge in [-0.25, -0.2) is 9.07 Å². The molecule has 25 heavy (non-hydrogen) atoms. The third kappa shape index (κ3) is 3.33. The van der Waals surface area contributed by atoms with Crippen LogP contribution in [0.4, 0.5) is 10.1 Å². The van der Waals surface area contributed by atoms with Crippen LogP contribution in [0, 0.1) is 12.7 Å². The summed E-state index contributed by atoms with van der Waals surface area (Å²) in [6.07, 6.45) is 1.40. The largest absolute Gasteiger partial charge is 0.322 e. The Bertz CT molecular complexity index is 946. The maximum atomic E-state index is 13.9. The van der Waals surface area contributed by atoms with Crippen molar-refractivity contribution in [1.82, 2.24) is 9.78 Å². The summed E-state index contributed by atoms with van der Waals surface area (Å²) in [5, 5.41) is 6.87. The second-order valence-corrected chi connectivity index (χ2v) is 5.59. The van der Waals surface area contributed by atoms with Crippen molar-refractivity contribution >= 4 is 17.4 Å². The molecular formula is C19H16FN3O2. The molecule has 0 aliphatic heterocycles. The average Bonchev–Trinajstić information content (AvgIpc) is 2.97. The zero-order chi connectivity index (χ0) is 18.0. The van der Waals surface area contributed by atoms with Crippen LogP contribution >= 0.6 is 0 Å². The lowest BCUT2D eigenvalue weighted by molar-refractivity contribution is 0.101. The number of hydrogen-bond acceptors (Lipinski definition) is 3. The summed E-state index contributed by atoms with van der Waals surface area (Å²) in [7, 11) is 0. The number of aromatic nitrogens is 2. The van der Waals surface area contributed by atoms with Gasteiger partial charge in [0.25, 0.3) is 5.91 Å². The normalized spacial score (nSPS) is 10.5. The molecular weight excluding hydrogens is 321 g/mol. The highest BCUT2D eigenvalue weighted by atomic mass is 19.1. The fourth-order valence-electron chi connectivity index (χ4n) is 2.49. The molecule has 2 aromatic carbocycles. The van der Waals surface area contributed by atoms with E-state index in [4.69, 9.17) is 0 Å². The van der Waals surface area contributed by atoms with Gasteiger partial charge in [0.1, 0.15) is 11.5 Å². The molecule has 0 spiro atoms. The van der Waals surface area contributed by atoms with Crippen LogP contribution < -0.4 is 5.32 Å². The summed E-state index contributed by atoms with van der Waals surface area (Å²) in [4.78, 5) is 23.7. The molecule has 0 bridgehead atoms. The van der Waals surface area contributed by atoms with E-state index in [-0.39, 0.29) is 17.4 Å². The molecule has 1 aromatic heterocycles. The number of Topliss-reactive ketones (excluding diaryl/α,β-unsaturated/α-hetero) is 1. The Morgan fingerprint density at radius 2 is 1.76 bits per heavy atom. The molecule has 0 radical (unpaired) electrons. The molecule has 6 heteroatoms. The molecule has 126 valence electrons. The Morgan fingerprint density at radius 1 is 1.08 bits per heavy atom. The van der Waals surface area contributed by atoms with Gasteiger partial charge in [-0.1, -0.05) is 12.1 Å². The van der Waals surface area contributed by atoms with Crippen LogP contribution in [0.15, 0.2) is 54.7 Å². The van der Waals surface area contributed by atoms with E-state index >= 15 is 0 Å². The number of hydrogen-bond donors (Lipinski definition) is 1. The molecule has 0 unspecified atom stereocenters. The van der Waals surface area contributed by atoms with E-state index in [1.54, 1.807) is 49.4 Å². The first-order valence-corrected chi connectivity index (χ1v) is 7.69. The smallest absolute Gasteiger partial charge is 0.259 e. The Morgan fingerprint density at radius 3 is 2.40 bits per heavy atom. The van der Waals surface area contributed by atoms with Crippen LogP contribution in [-0.2, 0) is 0 Å². The maximum absolute atomic E-state index is 13.9. The Hall–Kier alpha value is -3.28. The van der Waals surface area contributed by atoms with Gasteiger partial charge in [0, 0.05) is 11.3 Å². The van der Waals surface area contributed by atoms with E-state index in [9.17, 15) is 14.0 Å². The van der Waals surface area contributed by atoms with Crippen molar-refractivity contribution < 1.29 is 14.0 Å². The molecule has 0 aliphatic carbocycles. The molecule has 3 aromatic rings. The highest BCUT2D eigenvalue weighted by Crippen LogP contribution is 2.18. The molecule has 0 fully saturated rings. The van der Waals surface area contributed by atoms with Crippen molar-refractivity contribution in [3.63, 3.8) is 0 Å². The molecule has 0 saturated carbocycles. The fraction of sp³-hybridized carbons (Fsp3) is 0.105. The first-order valence-electron chi connectivity index (χ1n) is 7.69. The van der Waals surface area contributed by atoms with Gasteiger partial charge in [-0.05, 0) is 50.2 Å².